The van der Waals surface area contributed by atoms with E-state index in [1.165, 1.54) is 24.8 Å². The van der Waals surface area contributed by atoms with Crippen LogP contribution in [-0.4, -0.2) is 71.6 Å². The minimum atomic E-state index is -0.599. The van der Waals surface area contributed by atoms with Crippen LogP contribution in [0.1, 0.15) is 133 Å². The molecular weight excluding hydrogens is 606 g/mol. The fourth-order valence-electron chi connectivity index (χ4n) is 9.88. The molecule has 274 valence electrons. The van der Waals surface area contributed by atoms with Gasteiger partial charge in [-0.15, -0.1) is 0 Å². The van der Waals surface area contributed by atoms with Gasteiger partial charge in [0.25, 0.3) is 0 Å². The van der Waals surface area contributed by atoms with Gasteiger partial charge in [0.05, 0.1) is 6.10 Å². The van der Waals surface area contributed by atoms with Gasteiger partial charge in [0.1, 0.15) is 11.2 Å². The molecule has 3 fully saturated rings. The molecule has 9 nitrogen and oxygen atoms in total. The Morgan fingerprint density at radius 3 is 2.25 bits per heavy atom. The summed E-state index contributed by atoms with van der Waals surface area (Å²) >= 11 is 0. The molecule has 0 radical (unpaired) electrons. The summed E-state index contributed by atoms with van der Waals surface area (Å²) in [4.78, 5) is 40.2. The molecule has 4 aliphatic carbocycles. The van der Waals surface area contributed by atoms with Gasteiger partial charge in [-0.1, -0.05) is 32.4 Å². The van der Waals surface area contributed by atoms with Gasteiger partial charge < -0.3 is 30.1 Å². The number of carbonyl (C=O) groups is 3. The highest BCUT2D eigenvalue weighted by Gasteiger charge is 2.59. The molecule has 0 aromatic rings. The average molecular weight is 674 g/mol. The Labute approximate surface area is 290 Å². The highest BCUT2D eigenvalue weighted by Crippen LogP contribution is 2.67. The zero-order valence-electron chi connectivity index (χ0n) is 31.6. The predicted molar refractivity (Wildman–Crippen MR) is 189 cm³/mol. The van der Waals surface area contributed by atoms with Crippen LogP contribution in [0.3, 0.4) is 0 Å². The number of nitrogens with one attached hydrogen (secondary N) is 2. The van der Waals surface area contributed by atoms with Crippen molar-refractivity contribution in [1.29, 1.82) is 0 Å². The summed E-state index contributed by atoms with van der Waals surface area (Å²) in [5.74, 6) is 2.48. The van der Waals surface area contributed by atoms with E-state index in [4.69, 9.17) is 9.47 Å². The topological polar surface area (TPSA) is 117 Å². The third-order valence-electron chi connectivity index (χ3n) is 12.2. The first-order chi connectivity index (χ1) is 22.3. The monoisotopic (exact) mass is 674 g/mol. The summed E-state index contributed by atoms with van der Waals surface area (Å²) < 4.78 is 11.0. The van der Waals surface area contributed by atoms with Crippen molar-refractivity contribution in [2.75, 3.05) is 26.2 Å². The maximum Gasteiger partial charge on any atom is 0.410 e. The lowest BCUT2D eigenvalue weighted by atomic mass is 9.47. The van der Waals surface area contributed by atoms with Crippen molar-refractivity contribution in [2.45, 2.75) is 150 Å². The second kappa shape index (κ2) is 15.3. The van der Waals surface area contributed by atoms with Crippen LogP contribution in [0, 0.1) is 40.4 Å². The summed E-state index contributed by atoms with van der Waals surface area (Å²) in [5, 5.41) is 16.3. The number of hydrogen-bond donors (Lipinski definition) is 3. The van der Waals surface area contributed by atoms with Crippen LogP contribution in [0.15, 0.2) is 11.6 Å². The van der Waals surface area contributed by atoms with E-state index >= 15 is 0 Å². The third-order valence-corrected chi connectivity index (χ3v) is 12.2. The SMILES string of the molecule is CC(C(=O)NCCCN(CCCCNC(=O)OC(C)(C)C)C(=O)OC(C)(C)C)[C@H]1CCC2C3CC=C4C[C@@H](O)CC[C@]4(C)C3CC[C@@]21C. The van der Waals surface area contributed by atoms with Crippen molar-refractivity contribution >= 4 is 18.1 Å². The van der Waals surface area contributed by atoms with E-state index in [-0.39, 0.29) is 34.9 Å². The van der Waals surface area contributed by atoms with Gasteiger partial charge in [-0.25, -0.2) is 9.59 Å². The molecule has 4 rings (SSSR count). The molecule has 9 heteroatoms. The highest BCUT2D eigenvalue weighted by atomic mass is 16.6. The molecule has 4 unspecified atom stereocenters. The number of ether oxygens (including phenoxy) is 2. The van der Waals surface area contributed by atoms with Crippen LogP contribution in [0.25, 0.3) is 0 Å². The van der Waals surface area contributed by atoms with E-state index in [1.807, 2.05) is 41.5 Å². The third kappa shape index (κ3) is 9.28. The van der Waals surface area contributed by atoms with E-state index in [0.717, 1.165) is 32.1 Å². The summed E-state index contributed by atoms with van der Waals surface area (Å²) in [7, 11) is 0. The first-order valence-corrected chi connectivity index (χ1v) is 18.9. The average Bonchev–Trinajstić information content (AvgIpc) is 3.33. The first-order valence-electron chi connectivity index (χ1n) is 18.9. The molecule has 4 aliphatic rings. The Hall–Kier alpha value is -2.29. The molecule has 0 aliphatic heterocycles. The number of hydrogen-bond acceptors (Lipinski definition) is 6. The normalized spacial score (nSPS) is 32.1. The van der Waals surface area contributed by atoms with Crippen LogP contribution in [0.2, 0.25) is 0 Å². The van der Waals surface area contributed by atoms with Crippen LogP contribution < -0.4 is 10.6 Å². The van der Waals surface area contributed by atoms with Gasteiger partial charge in [0, 0.05) is 32.1 Å². The van der Waals surface area contributed by atoms with Gasteiger partial charge in [-0.2, -0.15) is 0 Å². The molecule has 48 heavy (non-hydrogen) atoms. The van der Waals surface area contributed by atoms with Crippen molar-refractivity contribution < 1.29 is 29.0 Å². The van der Waals surface area contributed by atoms with Crippen molar-refractivity contribution in [3.63, 3.8) is 0 Å². The lowest BCUT2D eigenvalue weighted by molar-refractivity contribution is -0.129. The molecule has 3 saturated carbocycles. The second-order valence-electron chi connectivity index (χ2n) is 17.9. The number of rotatable bonds is 11. The fourth-order valence-corrected chi connectivity index (χ4v) is 9.88. The Morgan fingerprint density at radius 2 is 1.56 bits per heavy atom. The number of fused-ring (bicyclic) bond motifs is 5. The summed E-state index contributed by atoms with van der Waals surface area (Å²) in [5.41, 5.74) is 0.778. The van der Waals surface area contributed by atoms with Gasteiger partial charge in [0.2, 0.25) is 5.91 Å². The maximum atomic E-state index is 13.6. The molecule has 0 aromatic carbocycles. The van der Waals surface area contributed by atoms with Crippen molar-refractivity contribution in [1.82, 2.24) is 15.5 Å². The molecule has 8 atom stereocenters. The molecule has 0 bridgehead atoms. The van der Waals surface area contributed by atoms with Crippen molar-refractivity contribution in [3.05, 3.63) is 11.6 Å². The van der Waals surface area contributed by atoms with Crippen LogP contribution in [0.5, 0.6) is 0 Å². The Balaban J connectivity index is 1.26. The quantitative estimate of drug-likeness (QED) is 0.154. The minimum absolute atomic E-state index is 0.0499. The lowest BCUT2D eigenvalue weighted by Gasteiger charge is -2.58. The number of amides is 3. The number of alkyl carbamates (subject to hydrolysis) is 1. The Bertz CT molecular complexity index is 1170. The number of aliphatic hydroxyl groups excluding tert-OH is 1. The lowest BCUT2D eigenvalue weighted by Crippen LogP contribution is -2.51. The number of aliphatic hydroxyl groups is 1. The highest BCUT2D eigenvalue weighted by molar-refractivity contribution is 5.78. The second-order valence-corrected chi connectivity index (χ2v) is 17.9. The van der Waals surface area contributed by atoms with Crippen LogP contribution in [-0.2, 0) is 14.3 Å². The maximum absolute atomic E-state index is 13.6. The molecule has 0 heterocycles. The van der Waals surface area contributed by atoms with Gasteiger partial charge in [-0.3, -0.25) is 4.79 Å². The minimum Gasteiger partial charge on any atom is -0.444 e. The van der Waals surface area contributed by atoms with Crippen molar-refractivity contribution in [2.24, 2.45) is 40.4 Å². The number of nitrogens with zero attached hydrogens (tertiary/aromatic N) is 1. The zero-order chi connectivity index (χ0) is 35.5. The fraction of sp³-hybridized carbons (Fsp3) is 0.872. The standard InChI is InChI=1S/C39H67N3O6/c1-26(30-15-16-31-29-14-13-27-25-28(43)17-19-38(27,8)32(29)18-20-39(30,31)9)33(44)40-22-12-24-42(35(46)48-37(5,6)7)23-11-10-21-41-34(45)47-36(2,3)4/h13,26,28-32,43H,10-12,14-25H2,1-9H3,(H,40,44)(H,41,45)/t26?,28-,29?,30+,31?,32?,38-,39+/m0/s1. The van der Waals surface area contributed by atoms with Crippen molar-refractivity contribution in [3.8, 4) is 0 Å². The largest absolute Gasteiger partial charge is 0.444 e. The smallest absolute Gasteiger partial charge is 0.410 e. The molecule has 0 saturated heterocycles. The van der Waals surface area contributed by atoms with Gasteiger partial charge >= 0.3 is 12.2 Å². The van der Waals surface area contributed by atoms with E-state index < -0.39 is 17.3 Å². The Morgan fingerprint density at radius 1 is 0.896 bits per heavy atom. The summed E-state index contributed by atoms with van der Waals surface area (Å²) in [6, 6.07) is 0. The van der Waals surface area contributed by atoms with E-state index in [9.17, 15) is 19.5 Å². The number of allylic oxidation sites excluding steroid dienone is 1. The predicted octanol–water partition coefficient (Wildman–Crippen LogP) is 7.61. The van der Waals surface area contributed by atoms with E-state index in [1.54, 1.807) is 4.90 Å². The van der Waals surface area contributed by atoms with E-state index in [2.05, 4.69) is 37.5 Å². The van der Waals surface area contributed by atoms with Gasteiger partial charge in [-0.05, 0) is 147 Å². The van der Waals surface area contributed by atoms with Gasteiger partial charge in [0.15, 0.2) is 0 Å². The number of unbranched alkanes of at least 4 members (excludes halogenated alkanes) is 1. The Kier molecular flexibility index (Phi) is 12.3. The van der Waals surface area contributed by atoms with Crippen LogP contribution in [0.4, 0.5) is 9.59 Å². The summed E-state index contributed by atoms with van der Waals surface area (Å²) in [6.45, 7) is 20.1. The van der Waals surface area contributed by atoms with E-state index in [0.29, 0.717) is 69.1 Å². The molecule has 3 N–H and O–H groups in total. The molecule has 0 spiro atoms. The zero-order valence-corrected chi connectivity index (χ0v) is 31.6. The molecular formula is C39H67N3O6. The number of carbonyl (C=O) groups excluding carboxylic acids is 3. The van der Waals surface area contributed by atoms with Crippen LogP contribution >= 0.6 is 0 Å². The first kappa shape index (κ1) is 38.5. The molecule has 0 aromatic heterocycles. The molecule has 3 amide bonds. The summed E-state index contributed by atoms with van der Waals surface area (Å²) in [6.07, 6.45) is 12.3.